The Bertz CT molecular complexity index is 385. The molecule has 2 rings (SSSR count). The third-order valence-electron chi connectivity index (χ3n) is 4.09. The second kappa shape index (κ2) is 6.14. The van der Waals surface area contributed by atoms with E-state index in [4.69, 9.17) is 0 Å². The molecule has 0 radical (unpaired) electrons. The predicted octanol–water partition coefficient (Wildman–Crippen LogP) is 3.23. The first kappa shape index (κ1) is 13.3. The molecule has 0 bridgehead atoms. The van der Waals surface area contributed by atoms with Crippen LogP contribution in [0.5, 0.6) is 0 Å². The number of hydrogen-bond donors (Lipinski definition) is 0. The van der Waals surface area contributed by atoms with Gasteiger partial charge in [-0.2, -0.15) is 0 Å². The maximum absolute atomic E-state index is 4.63. The predicted molar refractivity (Wildman–Crippen MR) is 78.0 cm³/mol. The first-order chi connectivity index (χ1) is 8.66. The summed E-state index contributed by atoms with van der Waals surface area (Å²) in [5.41, 5.74) is 1.29. The van der Waals surface area contributed by atoms with E-state index in [1.807, 2.05) is 6.07 Å². The van der Waals surface area contributed by atoms with E-state index in [1.54, 1.807) is 0 Å². The summed E-state index contributed by atoms with van der Waals surface area (Å²) >= 11 is 0. The topological polar surface area (TPSA) is 15.6 Å². The lowest BCUT2D eigenvalue weighted by atomic mass is 9.84. The van der Waals surface area contributed by atoms with Crippen LogP contribution in [0.2, 0.25) is 0 Å². The molecule has 0 N–H and O–H groups in total. The Labute approximate surface area is 111 Å². The van der Waals surface area contributed by atoms with Crippen molar-refractivity contribution in [1.82, 2.24) is 4.90 Å². The molecule has 1 heterocycles. The fraction of sp³-hybridized carbons (Fsp3) is 0.562. The van der Waals surface area contributed by atoms with Crippen LogP contribution >= 0.6 is 0 Å². The molecule has 1 aromatic carbocycles. The number of aliphatic imine (C=N–C) groups is 1. The minimum Gasteiger partial charge on any atom is -0.303 e. The minimum atomic E-state index is 0.639. The van der Waals surface area contributed by atoms with Crippen molar-refractivity contribution in [2.75, 3.05) is 13.6 Å². The van der Waals surface area contributed by atoms with Crippen LogP contribution in [0.3, 0.4) is 0 Å². The summed E-state index contributed by atoms with van der Waals surface area (Å²) in [6.45, 7) is 6.64. The molecule has 0 amide bonds. The fourth-order valence-corrected chi connectivity index (χ4v) is 2.66. The summed E-state index contributed by atoms with van der Waals surface area (Å²) in [6, 6.07) is 11.1. The largest absolute Gasteiger partial charge is 0.303 e. The third kappa shape index (κ3) is 3.42. The molecule has 0 spiro atoms. The van der Waals surface area contributed by atoms with E-state index < -0.39 is 0 Å². The number of piperidine rings is 1. The monoisotopic (exact) mass is 244 g/mol. The Hall–Kier alpha value is -1.15. The van der Waals surface area contributed by atoms with Crippen LogP contribution in [-0.2, 0) is 6.54 Å². The highest BCUT2D eigenvalue weighted by Gasteiger charge is 2.27. The number of hydrogen-bond acceptors (Lipinski definition) is 2. The molecule has 1 aromatic rings. The van der Waals surface area contributed by atoms with Gasteiger partial charge in [0.25, 0.3) is 0 Å². The highest BCUT2D eigenvalue weighted by atomic mass is 15.1. The van der Waals surface area contributed by atoms with Crippen molar-refractivity contribution in [3.8, 4) is 0 Å². The van der Waals surface area contributed by atoms with E-state index in [2.05, 4.69) is 61.3 Å². The Morgan fingerprint density at radius 3 is 2.72 bits per heavy atom. The van der Waals surface area contributed by atoms with Crippen molar-refractivity contribution in [3.05, 3.63) is 35.9 Å². The average molecular weight is 244 g/mol. The van der Waals surface area contributed by atoms with Crippen molar-refractivity contribution in [3.63, 3.8) is 0 Å². The Kier molecular flexibility index (Phi) is 4.54. The van der Waals surface area contributed by atoms with Crippen molar-refractivity contribution < 1.29 is 0 Å². The first-order valence-corrected chi connectivity index (χ1v) is 6.91. The summed E-state index contributed by atoms with van der Waals surface area (Å²) in [5, 5.41) is 0. The molecular formula is C16H24N2. The Morgan fingerprint density at radius 2 is 2.00 bits per heavy atom. The molecule has 2 heteroatoms. The number of benzene rings is 1. The second-order valence-electron chi connectivity index (χ2n) is 5.64. The van der Waals surface area contributed by atoms with Crippen LogP contribution in [0.15, 0.2) is 35.3 Å². The summed E-state index contributed by atoms with van der Waals surface area (Å²) in [4.78, 5) is 7.08. The molecule has 1 saturated heterocycles. The molecule has 1 aliphatic heterocycles. The molecule has 18 heavy (non-hydrogen) atoms. The molecule has 98 valence electrons. The summed E-state index contributed by atoms with van der Waals surface area (Å²) in [7, 11) is 2.22. The maximum Gasteiger partial charge on any atom is 0.0635 e. The fourth-order valence-electron chi connectivity index (χ4n) is 2.66. The molecular weight excluding hydrogens is 220 g/mol. The van der Waals surface area contributed by atoms with Gasteiger partial charge in [-0.15, -0.1) is 0 Å². The second-order valence-corrected chi connectivity index (χ2v) is 5.64. The summed E-state index contributed by atoms with van der Waals surface area (Å²) in [6.07, 6.45) is 3.43. The van der Waals surface area contributed by atoms with Gasteiger partial charge in [0, 0.05) is 18.8 Å². The van der Waals surface area contributed by atoms with Gasteiger partial charge in [-0.05, 0) is 37.8 Å². The van der Waals surface area contributed by atoms with Gasteiger partial charge in [-0.3, -0.25) is 4.99 Å². The van der Waals surface area contributed by atoms with Crippen LogP contribution in [0.4, 0.5) is 0 Å². The van der Waals surface area contributed by atoms with E-state index in [9.17, 15) is 0 Å². The zero-order chi connectivity index (χ0) is 13.0. The molecule has 1 fully saturated rings. The van der Waals surface area contributed by atoms with Gasteiger partial charge in [-0.25, -0.2) is 0 Å². The maximum atomic E-state index is 4.63. The van der Waals surface area contributed by atoms with Crippen molar-refractivity contribution >= 4 is 6.21 Å². The Morgan fingerprint density at radius 1 is 1.28 bits per heavy atom. The van der Waals surface area contributed by atoms with Crippen LogP contribution in [0.25, 0.3) is 0 Å². The van der Waals surface area contributed by atoms with Gasteiger partial charge in [0.1, 0.15) is 0 Å². The molecule has 0 saturated carbocycles. The molecule has 3 atom stereocenters. The Balaban J connectivity index is 1.89. The molecule has 0 aromatic heterocycles. The number of likely N-dealkylation sites (tertiary alicyclic amines) is 1. The van der Waals surface area contributed by atoms with Crippen LogP contribution in [0, 0.1) is 11.8 Å². The van der Waals surface area contributed by atoms with Gasteiger partial charge in [0.05, 0.1) is 6.54 Å². The van der Waals surface area contributed by atoms with Gasteiger partial charge in [0.15, 0.2) is 0 Å². The smallest absolute Gasteiger partial charge is 0.0635 e. The lowest BCUT2D eigenvalue weighted by Gasteiger charge is -2.38. The van der Waals surface area contributed by atoms with E-state index in [-0.39, 0.29) is 0 Å². The SMILES string of the molecule is C[C@@H]1CN(C)[C@H](C)C[C@@H]1C=NCc1ccccc1. The van der Waals surface area contributed by atoms with E-state index in [1.165, 1.54) is 18.5 Å². The normalized spacial score (nSPS) is 29.8. The van der Waals surface area contributed by atoms with Gasteiger partial charge < -0.3 is 4.90 Å². The lowest BCUT2D eigenvalue weighted by molar-refractivity contribution is 0.134. The molecule has 2 nitrogen and oxygen atoms in total. The lowest BCUT2D eigenvalue weighted by Crippen LogP contribution is -2.43. The summed E-state index contributed by atoms with van der Waals surface area (Å²) in [5.74, 6) is 1.35. The van der Waals surface area contributed by atoms with E-state index in [0.717, 1.165) is 6.54 Å². The quantitative estimate of drug-likeness (QED) is 0.745. The van der Waals surface area contributed by atoms with Crippen molar-refractivity contribution in [1.29, 1.82) is 0 Å². The third-order valence-corrected chi connectivity index (χ3v) is 4.09. The van der Waals surface area contributed by atoms with Gasteiger partial charge in [-0.1, -0.05) is 37.3 Å². The van der Waals surface area contributed by atoms with E-state index >= 15 is 0 Å². The highest BCUT2D eigenvalue weighted by molar-refractivity contribution is 5.61. The summed E-state index contributed by atoms with van der Waals surface area (Å²) < 4.78 is 0. The molecule has 0 aliphatic carbocycles. The zero-order valence-corrected chi connectivity index (χ0v) is 11.7. The average Bonchev–Trinajstić information content (AvgIpc) is 2.37. The molecule has 1 aliphatic rings. The highest BCUT2D eigenvalue weighted by Crippen LogP contribution is 2.25. The van der Waals surface area contributed by atoms with Crippen LogP contribution < -0.4 is 0 Å². The molecule has 0 unspecified atom stereocenters. The van der Waals surface area contributed by atoms with Crippen LogP contribution in [0.1, 0.15) is 25.8 Å². The number of rotatable bonds is 3. The standard InChI is InChI=1S/C16H24N2/c1-13-12-18(3)14(2)9-16(13)11-17-10-15-7-5-4-6-8-15/h4-8,11,13-14,16H,9-10,12H2,1-3H3/t13-,14-,16-/m1/s1. The van der Waals surface area contributed by atoms with Gasteiger partial charge in [0.2, 0.25) is 0 Å². The van der Waals surface area contributed by atoms with Crippen LogP contribution in [-0.4, -0.2) is 30.7 Å². The first-order valence-electron chi connectivity index (χ1n) is 6.91. The van der Waals surface area contributed by atoms with Crippen molar-refractivity contribution in [2.45, 2.75) is 32.9 Å². The zero-order valence-electron chi connectivity index (χ0n) is 11.7. The van der Waals surface area contributed by atoms with Gasteiger partial charge >= 0.3 is 0 Å². The number of nitrogens with zero attached hydrogens (tertiary/aromatic N) is 2. The minimum absolute atomic E-state index is 0.639. The van der Waals surface area contributed by atoms with Crippen molar-refractivity contribution in [2.24, 2.45) is 16.8 Å². The van der Waals surface area contributed by atoms with E-state index in [0.29, 0.717) is 17.9 Å².